The third-order valence-electron chi connectivity index (χ3n) is 3.27. The largest absolute Gasteiger partial charge is 0.401 e. The first-order valence-electron chi connectivity index (χ1n) is 6.46. The zero-order valence-electron chi connectivity index (χ0n) is 11.5. The van der Waals surface area contributed by atoms with Gasteiger partial charge in [-0.3, -0.25) is 9.58 Å². The monoisotopic (exact) mass is 326 g/mol. The van der Waals surface area contributed by atoms with Crippen molar-refractivity contribution in [2.45, 2.75) is 17.5 Å². The summed E-state index contributed by atoms with van der Waals surface area (Å²) in [5, 5.41) is 3.82. The third kappa shape index (κ3) is 4.17. The molecule has 0 bridgehead atoms. The molecule has 0 amide bonds. The summed E-state index contributed by atoms with van der Waals surface area (Å²) in [5.74, 6) is 0. The quantitative estimate of drug-likeness (QED) is 0.820. The van der Waals surface area contributed by atoms with Gasteiger partial charge < -0.3 is 0 Å². The van der Waals surface area contributed by atoms with Crippen LogP contribution in [0.3, 0.4) is 0 Å². The van der Waals surface area contributed by atoms with Gasteiger partial charge in [-0.15, -0.1) is 0 Å². The Balaban J connectivity index is 2.06. The van der Waals surface area contributed by atoms with Crippen molar-refractivity contribution >= 4 is 10.0 Å². The summed E-state index contributed by atoms with van der Waals surface area (Å²) in [4.78, 5) is 1.30. The summed E-state index contributed by atoms with van der Waals surface area (Å²) >= 11 is 0. The van der Waals surface area contributed by atoms with Gasteiger partial charge >= 0.3 is 6.18 Å². The standard InChI is InChI=1S/C11H17F3N4O2S/c1-16-8-10(7-15-16)21(19,20)18-4-2-3-17(5-6-18)9-11(12,13)14/h7-8H,2-6,9H2,1H3. The van der Waals surface area contributed by atoms with Crippen molar-refractivity contribution in [2.24, 2.45) is 7.05 Å². The molecule has 10 heteroatoms. The average molecular weight is 326 g/mol. The van der Waals surface area contributed by atoms with E-state index in [0.717, 1.165) is 0 Å². The number of sulfonamides is 1. The molecule has 2 rings (SSSR count). The highest BCUT2D eigenvalue weighted by Crippen LogP contribution is 2.20. The van der Waals surface area contributed by atoms with Gasteiger partial charge in [-0.05, 0) is 13.0 Å². The molecule has 1 aromatic heterocycles. The van der Waals surface area contributed by atoms with Crippen molar-refractivity contribution in [2.75, 3.05) is 32.7 Å². The van der Waals surface area contributed by atoms with E-state index in [4.69, 9.17) is 0 Å². The van der Waals surface area contributed by atoms with Crippen molar-refractivity contribution < 1.29 is 21.6 Å². The first-order valence-corrected chi connectivity index (χ1v) is 7.90. The number of aromatic nitrogens is 2. The van der Waals surface area contributed by atoms with Gasteiger partial charge in [0, 0.05) is 32.9 Å². The molecule has 2 heterocycles. The highest BCUT2D eigenvalue weighted by atomic mass is 32.2. The maximum absolute atomic E-state index is 12.4. The predicted molar refractivity (Wildman–Crippen MR) is 69.1 cm³/mol. The van der Waals surface area contributed by atoms with Crippen LogP contribution in [-0.2, 0) is 17.1 Å². The first kappa shape index (κ1) is 16.2. The Morgan fingerprint density at radius 1 is 1.24 bits per heavy atom. The normalized spacial score (nSPS) is 19.6. The van der Waals surface area contributed by atoms with Gasteiger partial charge in [0.2, 0.25) is 10.0 Å². The van der Waals surface area contributed by atoms with Crippen LogP contribution in [0.2, 0.25) is 0 Å². The molecule has 0 radical (unpaired) electrons. The number of rotatable bonds is 3. The van der Waals surface area contributed by atoms with E-state index in [2.05, 4.69) is 5.10 Å². The van der Waals surface area contributed by atoms with Crippen molar-refractivity contribution in [3.05, 3.63) is 12.4 Å². The fourth-order valence-corrected chi connectivity index (χ4v) is 3.74. The highest BCUT2D eigenvalue weighted by molar-refractivity contribution is 7.89. The van der Waals surface area contributed by atoms with Crippen LogP contribution in [0.15, 0.2) is 17.3 Å². The molecule has 0 unspecified atom stereocenters. The molecule has 0 aliphatic carbocycles. The molecule has 120 valence electrons. The molecule has 1 aliphatic rings. The summed E-state index contributed by atoms with van der Waals surface area (Å²) in [6.07, 6.45) is -1.27. The van der Waals surface area contributed by atoms with Crippen molar-refractivity contribution in [1.82, 2.24) is 19.0 Å². The molecule has 1 saturated heterocycles. The Morgan fingerprint density at radius 2 is 1.95 bits per heavy atom. The Labute approximate surface area is 121 Å². The Bertz CT molecular complexity index is 585. The van der Waals surface area contributed by atoms with Crippen molar-refractivity contribution in [3.8, 4) is 0 Å². The van der Waals surface area contributed by atoms with Crippen LogP contribution < -0.4 is 0 Å². The number of hydrogen-bond acceptors (Lipinski definition) is 4. The minimum atomic E-state index is -4.27. The van der Waals surface area contributed by atoms with E-state index in [0.29, 0.717) is 6.42 Å². The Hall–Kier alpha value is -1.13. The van der Waals surface area contributed by atoms with E-state index >= 15 is 0 Å². The second-order valence-corrected chi connectivity index (χ2v) is 6.94. The Kier molecular flexibility index (Phi) is 4.59. The summed E-state index contributed by atoms with van der Waals surface area (Å²) in [5.41, 5.74) is 0. The minimum absolute atomic E-state index is 0.0489. The van der Waals surface area contributed by atoms with Gasteiger partial charge in [0.1, 0.15) is 4.90 Å². The SMILES string of the molecule is Cn1cc(S(=O)(=O)N2CCCN(CC(F)(F)F)CC2)cn1. The smallest absolute Gasteiger partial charge is 0.294 e. The lowest BCUT2D eigenvalue weighted by atomic mass is 10.4. The lowest BCUT2D eigenvalue weighted by molar-refractivity contribution is -0.145. The zero-order valence-corrected chi connectivity index (χ0v) is 12.4. The first-order chi connectivity index (χ1) is 9.68. The van der Waals surface area contributed by atoms with Gasteiger partial charge in [0.15, 0.2) is 0 Å². The van der Waals surface area contributed by atoms with Gasteiger partial charge in [0.05, 0.1) is 12.7 Å². The lowest BCUT2D eigenvalue weighted by Crippen LogP contribution is -2.38. The third-order valence-corrected chi connectivity index (χ3v) is 5.12. The molecule has 6 nitrogen and oxygen atoms in total. The van der Waals surface area contributed by atoms with Crippen molar-refractivity contribution in [3.63, 3.8) is 0 Å². The maximum Gasteiger partial charge on any atom is 0.401 e. The van der Waals surface area contributed by atoms with E-state index in [1.165, 1.54) is 26.3 Å². The van der Waals surface area contributed by atoms with Crippen LogP contribution in [0.5, 0.6) is 0 Å². The van der Waals surface area contributed by atoms with Gasteiger partial charge in [-0.25, -0.2) is 8.42 Å². The molecule has 1 aromatic rings. The molecule has 21 heavy (non-hydrogen) atoms. The van der Waals surface area contributed by atoms with Gasteiger partial charge in [0.25, 0.3) is 0 Å². The molecular formula is C11H17F3N4O2S. The molecule has 0 saturated carbocycles. The molecule has 1 fully saturated rings. The minimum Gasteiger partial charge on any atom is -0.294 e. The van der Waals surface area contributed by atoms with Crippen LogP contribution in [-0.4, -0.2) is 66.3 Å². The summed E-state index contributed by atoms with van der Waals surface area (Å²) in [7, 11) is -2.09. The van der Waals surface area contributed by atoms with Crippen LogP contribution in [0.1, 0.15) is 6.42 Å². The summed E-state index contributed by atoms with van der Waals surface area (Å²) in [6.45, 7) is -0.440. The van der Waals surface area contributed by atoms with Crippen LogP contribution >= 0.6 is 0 Å². The second-order valence-electron chi connectivity index (χ2n) is 5.00. The Morgan fingerprint density at radius 3 is 2.52 bits per heavy atom. The molecule has 0 atom stereocenters. The van der Waals surface area contributed by atoms with Crippen LogP contribution in [0, 0.1) is 0 Å². The van der Waals surface area contributed by atoms with E-state index < -0.39 is 22.7 Å². The topological polar surface area (TPSA) is 58.4 Å². The van der Waals surface area contributed by atoms with Crippen LogP contribution in [0.25, 0.3) is 0 Å². The number of nitrogens with zero attached hydrogens (tertiary/aromatic N) is 4. The fraction of sp³-hybridized carbons (Fsp3) is 0.727. The fourth-order valence-electron chi connectivity index (χ4n) is 2.28. The van der Waals surface area contributed by atoms with E-state index in [9.17, 15) is 21.6 Å². The van der Waals surface area contributed by atoms with Gasteiger partial charge in [-0.1, -0.05) is 0 Å². The highest BCUT2D eigenvalue weighted by Gasteiger charge is 2.33. The van der Waals surface area contributed by atoms with E-state index in [1.54, 1.807) is 7.05 Å². The predicted octanol–water partition coefficient (Wildman–Crippen LogP) is 0.679. The number of hydrogen-bond donors (Lipinski definition) is 0. The summed E-state index contributed by atoms with van der Waals surface area (Å²) < 4.78 is 64.5. The number of aryl methyl sites for hydroxylation is 1. The zero-order chi connectivity index (χ0) is 15.7. The number of alkyl halides is 3. The van der Waals surface area contributed by atoms with E-state index in [1.807, 2.05) is 0 Å². The van der Waals surface area contributed by atoms with Crippen LogP contribution in [0.4, 0.5) is 13.2 Å². The average Bonchev–Trinajstić information content (AvgIpc) is 2.65. The number of halogens is 3. The molecule has 1 aliphatic heterocycles. The molecular weight excluding hydrogens is 309 g/mol. The van der Waals surface area contributed by atoms with Gasteiger partial charge in [-0.2, -0.15) is 22.6 Å². The van der Waals surface area contributed by atoms with E-state index in [-0.39, 0.29) is 31.1 Å². The summed E-state index contributed by atoms with van der Waals surface area (Å²) in [6, 6.07) is 0. The maximum atomic E-state index is 12.4. The van der Waals surface area contributed by atoms with Crippen molar-refractivity contribution in [1.29, 1.82) is 0 Å². The second kappa shape index (κ2) is 5.93. The molecule has 0 spiro atoms. The lowest BCUT2D eigenvalue weighted by Gasteiger charge is -2.22. The molecule has 0 N–H and O–H groups in total. The molecule has 0 aromatic carbocycles.